The van der Waals surface area contributed by atoms with Crippen molar-refractivity contribution < 1.29 is 4.42 Å². The smallest absolute Gasteiger partial charge is 0.136 e. The normalized spacial score (nSPS) is 11.8. The van der Waals surface area contributed by atoms with Gasteiger partial charge in [-0.2, -0.15) is 0 Å². The van der Waals surface area contributed by atoms with Crippen molar-refractivity contribution in [2.45, 2.75) is 0 Å². The molecule has 0 saturated carbocycles. The van der Waals surface area contributed by atoms with E-state index in [1.165, 1.54) is 64.0 Å². The van der Waals surface area contributed by atoms with Crippen molar-refractivity contribution in [1.29, 1.82) is 0 Å². The highest BCUT2D eigenvalue weighted by Crippen LogP contribution is 2.46. The fraction of sp³-hybridized carbons (Fsp3) is 0. The Hall–Kier alpha value is -6.68. The molecule has 53 heavy (non-hydrogen) atoms. The van der Waals surface area contributed by atoms with Crippen LogP contribution in [-0.2, 0) is 0 Å². The van der Waals surface area contributed by atoms with Crippen molar-refractivity contribution in [3.05, 3.63) is 188 Å². The number of benzene rings is 9. The van der Waals surface area contributed by atoms with Gasteiger partial charge in [-0.05, 0) is 98.9 Å². The number of furan rings is 1. The summed E-state index contributed by atoms with van der Waals surface area (Å²) in [5.41, 5.74) is 9.95. The molecule has 0 fully saturated rings. The summed E-state index contributed by atoms with van der Waals surface area (Å²) in [6.07, 6.45) is 0. The van der Waals surface area contributed by atoms with E-state index in [2.05, 4.69) is 193 Å². The quantitative estimate of drug-likeness (QED) is 0.167. The molecule has 0 N–H and O–H groups in total. The lowest BCUT2D eigenvalue weighted by Crippen LogP contribution is -2.09. The average molecular weight is 694 g/mol. The summed E-state index contributed by atoms with van der Waals surface area (Å²) in [7, 11) is 0. The van der Waals surface area contributed by atoms with Crippen LogP contribution in [0.5, 0.6) is 0 Å². The molecule has 2 nitrogen and oxygen atoms in total. The molecule has 11 rings (SSSR count). The van der Waals surface area contributed by atoms with Gasteiger partial charge in [-0.15, -0.1) is 11.3 Å². The van der Waals surface area contributed by atoms with Gasteiger partial charge in [0.05, 0.1) is 0 Å². The number of rotatable bonds is 5. The third-order valence-electron chi connectivity index (χ3n) is 10.6. The second kappa shape index (κ2) is 11.9. The second-order valence-corrected chi connectivity index (χ2v) is 14.7. The van der Waals surface area contributed by atoms with Gasteiger partial charge in [0.2, 0.25) is 0 Å². The van der Waals surface area contributed by atoms with E-state index in [1.807, 2.05) is 11.3 Å². The predicted octanol–water partition coefficient (Wildman–Crippen LogP) is 15.1. The first-order chi connectivity index (χ1) is 26.3. The predicted molar refractivity (Wildman–Crippen MR) is 227 cm³/mol. The third-order valence-corrected chi connectivity index (χ3v) is 11.9. The lowest BCUT2D eigenvalue weighted by Gasteiger charge is -2.26. The highest BCUT2D eigenvalue weighted by atomic mass is 32.1. The molecule has 0 saturated heterocycles. The lowest BCUT2D eigenvalue weighted by atomic mass is 9.93. The SMILES string of the molecule is c1ccc(-c2cc3ccc(N(c4ccccc4)c4ccc5oc6cccc(-c7cccc8c7sc7ccccc78)c6c5c4)cc3c3ccccc23)cc1. The molecule has 0 radical (unpaired) electrons. The van der Waals surface area contributed by atoms with E-state index in [4.69, 9.17) is 4.42 Å². The molecular weight excluding hydrogens is 663 g/mol. The van der Waals surface area contributed by atoms with Gasteiger partial charge in [0.15, 0.2) is 0 Å². The van der Waals surface area contributed by atoms with Crippen molar-refractivity contribution in [3.8, 4) is 22.3 Å². The first kappa shape index (κ1) is 30.0. The monoisotopic (exact) mass is 693 g/mol. The van der Waals surface area contributed by atoms with Crippen molar-refractivity contribution >= 4 is 92.1 Å². The number of hydrogen-bond acceptors (Lipinski definition) is 3. The Bertz CT molecular complexity index is 3180. The van der Waals surface area contributed by atoms with E-state index >= 15 is 0 Å². The van der Waals surface area contributed by atoms with E-state index in [-0.39, 0.29) is 0 Å². The molecule has 0 aliphatic carbocycles. The van der Waals surface area contributed by atoms with Crippen LogP contribution in [0.2, 0.25) is 0 Å². The molecule has 0 atom stereocenters. The first-order valence-electron chi connectivity index (χ1n) is 18.0. The van der Waals surface area contributed by atoms with Crippen LogP contribution >= 0.6 is 11.3 Å². The van der Waals surface area contributed by atoms with E-state index in [9.17, 15) is 0 Å². The summed E-state index contributed by atoms with van der Waals surface area (Å²) >= 11 is 1.86. The second-order valence-electron chi connectivity index (χ2n) is 13.7. The van der Waals surface area contributed by atoms with Gasteiger partial charge in [0.25, 0.3) is 0 Å². The summed E-state index contributed by atoms with van der Waals surface area (Å²) in [4.78, 5) is 2.37. The summed E-state index contributed by atoms with van der Waals surface area (Å²) in [6, 6.07) is 67.9. The largest absolute Gasteiger partial charge is 0.456 e. The summed E-state index contributed by atoms with van der Waals surface area (Å²) < 4.78 is 9.18. The van der Waals surface area contributed by atoms with Crippen molar-refractivity contribution in [3.63, 3.8) is 0 Å². The fourth-order valence-corrected chi connectivity index (χ4v) is 9.48. The third kappa shape index (κ3) is 4.78. The Labute approximate surface area is 310 Å². The summed E-state index contributed by atoms with van der Waals surface area (Å²) in [5.74, 6) is 0. The molecule has 11 aromatic rings. The van der Waals surface area contributed by atoms with Gasteiger partial charge in [-0.3, -0.25) is 0 Å². The number of anilines is 3. The van der Waals surface area contributed by atoms with Crippen molar-refractivity contribution in [1.82, 2.24) is 0 Å². The van der Waals surface area contributed by atoms with Crippen LogP contribution in [0.1, 0.15) is 0 Å². The van der Waals surface area contributed by atoms with E-state index in [1.54, 1.807) is 0 Å². The van der Waals surface area contributed by atoms with Gasteiger partial charge in [-0.25, -0.2) is 0 Å². The van der Waals surface area contributed by atoms with Gasteiger partial charge in [0.1, 0.15) is 11.2 Å². The minimum Gasteiger partial charge on any atom is -0.456 e. The average Bonchev–Trinajstić information content (AvgIpc) is 3.80. The maximum atomic E-state index is 6.57. The summed E-state index contributed by atoms with van der Waals surface area (Å²) in [6.45, 7) is 0. The number of thiophene rings is 1. The molecule has 2 aromatic heterocycles. The number of para-hydroxylation sites is 1. The molecule has 0 aliphatic heterocycles. The van der Waals surface area contributed by atoms with E-state index < -0.39 is 0 Å². The highest BCUT2D eigenvalue weighted by molar-refractivity contribution is 7.26. The Balaban J connectivity index is 1.13. The Morgan fingerprint density at radius 2 is 1.04 bits per heavy atom. The topological polar surface area (TPSA) is 16.4 Å². The Morgan fingerprint density at radius 3 is 1.89 bits per heavy atom. The Kier molecular flexibility index (Phi) is 6.76. The number of hydrogen-bond donors (Lipinski definition) is 0. The van der Waals surface area contributed by atoms with Crippen LogP contribution in [0.15, 0.2) is 192 Å². The van der Waals surface area contributed by atoms with Gasteiger partial charge >= 0.3 is 0 Å². The molecular formula is C50H31NOS. The molecule has 9 aromatic carbocycles. The zero-order valence-corrected chi connectivity index (χ0v) is 29.5. The molecule has 3 heteroatoms. The van der Waals surface area contributed by atoms with Crippen LogP contribution in [0, 0.1) is 0 Å². The zero-order chi connectivity index (χ0) is 34.9. The van der Waals surface area contributed by atoms with Crippen LogP contribution in [0.3, 0.4) is 0 Å². The molecule has 0 bridgehead atoms. The maximum absolute atomic E-state index is 6.57. The molecule has 0 unspecified atom stereocenters. The molecule has 248 valence electrons. The van der Waals surface area contributed by atoms with Gasteiger partial charge < -0.3 is 9.32 Å². The Morgan fingerprint density at radius 1 is 0.377 bits per heavy atom. The van der Waals surface area contributed by atoms with E-state index in [0.717, 1.165) is 39.0 Å². The number of fused-ring (bicyclic) bond motifs is 9. The zero-order valence-electron chi connectivity index (χ0n) is 28.7. The van der Waals surface area contributed by atoms with Gasteiger partial charge in [-0.1, -0.05) is 127 Å². The molecule has 0 aliphatic rings. The number of nitrogens with zero attached hydrogens (tertiary/aromatic N) is 1. The first-order valence-corrected chi connectivity index (χ1v) is 18.8. The van der Waals surface area contributed by atoms with Crippen LogP contribution in [0.25, 0.3) is 85.9 Å². The minimum atomic E-state index is 0.880. The maximum Gasteiger partial charge on any atom is 0.136 e. The van der Waals surface area contributed by atoms with Crippen LogP contribution in [0.4, 0.5) is 17.1 Å². The lowest BCUT2D eigenvalue weighted by molar-refractivity contribution is 0.669. The van der Waals surface area contributed by atoms with Crippen LogP contribution in [-0.4, -0.2) is 0 Å². The minimum absolute atomic E-state index is 0.880. The van der Waals surface area contributed by atoms with Gasteiger partial charge in [0, 0.05) is 53.6 Å². The van der Waals surface area contributed by atoms with Crippen molar-refractivity contribution in [2.24, 2.45) is 0 Å². The van der Waals surface area contributed by atoms with Crippen molar-refractivity contribution in [2.75, 3.05) is 4.90 Å². The molecule has 0 amide bonds. The van der Waals surface area contributed by atoms with E-state index in [0.29, 0.717) is 0 Å². The van der Waals surface area contributed by atoms with Crippen LogP contribution < -0.4 is 4.90 Å². The molecule has 0 spiro atoms. The standard InChI is InChI=1S/C50H31NOS/c1-3-13-32(14-4-1)43-29-33-25-26-35(30-44(33)38-18-8-7-17-37(38)43)51(34-15-5-2-6-16-34)36-27-28-46-45(31-36)49-40(20-12-23-47(49)52-46)42-22-11-21-41-39-19-9-10-24-48(39)53-50(41)42/h1-31H. The molecule has 2 heterocycles. The summed E-state index contributed by atoms with van der Waals surface area (Å²) in [5, 5.41) is 9.79. The highest BCUT2D eigenvalue weighted by Gasteiger charge is 2.20. The fourth-order valence-electron chi connectivity index (χ4n) is 8.25.